The molecule has 1 aliphatic rings. The van der Waals surface area contributed by atoms with Crippen LogP contribution in [0.1, 0.15) is 6.92 Å². The molecule has 0 spiro atoms. The average Bonchev–Trinajstić information content (AvgIpc) is 2.86. The van der Waals surface area contributed by atoms with Gasteiger partial charge in [-0.05, 0) is 12.1 Å². The number of carbonyl (C=O) groups excluding carboxylic acids is 1. The number of carbonyl (C=O) groups is 1. The molecule has 1 aromatic heterocycles. The number of amides is 1. The molecule has 1 aliphatic heterocycles. The minimum Gasteiger partial charge on any atom is -0.339 e. The van der Waals surface area contributed by atoms with Crippen molar-refractivity contribution in [3.05, 3.63) is 24.3 Å². The van der Waals surface area contributed by atoms with Gasteiger partial charge in [0.15, 0.2) is 14.2 Å². The van der Waals surface area contributed by atoms with Crippen molar-refractivity contribution in [3.8, 4) is 0 Å². The molecule has 1 fully saturated rings. The topological polar surface area (TPSA) is 67.3 Å². The Bertz CT molecular complexity index is 762. The Morgan fingerprint density at radius 1 is 1.41 bits per heavy atom. The highest BCUT2D eigenvalue weighted by atomic mass is 32.2. The van der Waals surface area contributed by atoms with Crippen molar-refractivity contribution in [1.82, 2.24) is 9.88 Å². The number of thiazole rings is 1. The third kappa shape index (κ3) is 3.13. The number of sulfone groups is 1. The van der Waals surface area contributed by atoms with Gasteiger partial charge in [0.05, 0.1) is 21.2 Å². The number of rotatable bonds is 5. The highest BCUT2D eigenvalue weighted by Gasteiger charge is 2.38. The van der Waals surface area contributed by atoms with E-state index in [1.54, 1.807) is 23.2 Å². The van der Waals surface area contributed by atoms with Crippen LogP contribution in [-0.2, 0) is 14.6 Å². The molecule has 5 nitrogen and oxygen atoms in total. The lowest BCUT2D eigenvalue weighted by atomic mass is 10.2. The van der Waals surface area contributed by atoms with E-state index in [9.17, 15) is 13.2 Å². The maximum atomic E-state index is 12.1. The molecule has 3 rings (SSSR count). The Balaban J connectivity index is 1.53. The molecule has 118 valence electrons. The molecular weight excluding hydrogens is 340 g/mol. The third-order valence-electron chi connectivity index (χ3n) is 3.70. The molecule has 0 saturated carbocycles. The molecule has 1 saturated heterocycles. The molecule has 2 heterocycles. The number of fused-ring (bicyclic) bond motifs is 1. The Labute approximate surface area is 137 Å². The van der Waals surface area contributed by atoms with Gasteiger partial charge in [-0.2, -0.15) is 0 Å². The zero-order valence-electron chi connectivity index (χ0n) is 12.1. The quantitative estimate of drug-likeness (QED) is 0.767. The van der Waals surface area contributed by atoms with Crippen LogP contribution in [0.25, 0.3) is 10.2 Å². The van der Waals surface area contributed by atoms with Gasteiger partial charge >= 0.3 is 0 Å². The lowest BCUT2D eigenvalue weighted by Crippen LogP contribution is -2.57. The van der Waals surface area contributed by atoms with Crippen LogP contribution in [0.5, 0.6) is 0 Å². The fourth-order valence-corrected chi connectivity index (χ4v) is 5.49. The van der Waals surface area contributed by atoms with Crippen LogP contribution in [0.4, 0.5) is 0 Å². The molecule has 0 radical (unpaired) electrons. The number of benzene rings is 1. The minimum absolute atomic E-state index is 0.0215. The Morgan fingerprint density at radius 3 is 2.82 bits per heavy atom. The van der Waals surface area contributed by atoms with E-state index < -0.39 is 9.84 Å². The van der Waals surface area contributed by atoms with Crippen molar-refractivity contribution in [2.24, 2.45) is 0 Å². The molecule has 0 atom stereocenters. The van der Waals surface area contributed by atoms with Gasteiger partial charge in [-0.1, -0.05) is 30.8 Å². The number of likely N-dealkylation sites (tertiary alicyclic amines) is 1. The van der Waals surface area contributed by atoms with Gasteiger partial charge in [-0.15, -0.1) is 11.3 Å². The van der Waals surface area contributed by atoms with Gasteiger partial charge in [0.2, 0.25) is 5.91 Å². The predicted octanol–water partition coefficient (Wildman–Crippen LogP) is 2.03. The standard InChI is InChI=1S/C14H16N2O3S3/c1-2-22(18,19)10-7-16(8-10)13(17)9-20-14-15-11-5-3-4-6-12(11)21-14/h3-6,10H,2,7-9H2,1H3. The molecule has 8 heteroatoms. The van der Waals surface area contributed by atoms with E-state index in [2.05, 4.69) is 4.98 Å². The monoisotopic (exact) mass is 356 g/mol. The number of aromatic nitrogens is 1. The fourth-order valence-electron chi connectivity index (χ4n) is 2.23. The highest BCUT2D eigenvalue weighted by molar-refractivity contribution is 8.01. The smallest absolute Gasteiger partial charge is 0.233 e. The lowest BCUT2D eigenvalue weighted by molar-refractivity contribution is -0.131. The summed E-state index contributed by atoms with van der Waals surface area (Å²) in [4.78, 5) is 18.1. The SMILES string of the molecule is CCS(=O)(=O)C1CN(C(=O)CSc2nc3ccccc3s2)C1. The van der Waals surface area contributed by atoms with Gasteiger partial charge in [0, 0.05) is 18.8 Å². The Hall–Kier alpha value is -1.12. The summed E-state index contributed by atoms with van der Waals surface area (Å²) >= 11 is 2.98. The van der Waals surface area contributed by atoms with E-state index in [-0.39, 0.29) is 16.9 Å². The zero-order valence-corrected chi connectivity index (χ0v) is 14.5. The third-order valence-corrected chi connectivity index (χ3v) is 7.99. The van der Waals surface area contributed by atoms with E-state index in [1.807, 2.05) is 24.3 Å². The van der Waals surface area contributed by atoms with Crippen molar-refractivity contribution < 1.29 is 13.2 Å². The van der Waals surface area contributed by atoms with Crippen LogP contribution < -0.4 is 0 Å². The van der Waals surface area contributed by atoms with Crippen LogP contribution in [0.3, 0.4) is 0 Å². The summed E-state index contributed by atoms with van der Waals surface area (Å²) in [6, 6.07) is 7.87. The summed E-state index contributed by atoms with van der Waals surface area (Å²) < 4.78 is 25.3. The van der Waals surface area contributed by atoms with E-state index in [1.165, 1.54) is 11.8 Å². The number of hydrogen-bond acceptors (Lipinski definition) is 6. The fraction of sp³-hybridized carbons (Fsp3) is 0.429. The van der Waals surface area contributed by atoms with E-state index in [4.69, 9.17) is 0 Å². The molecule has 0 unspecified atom stereocenters. The minimum atomic E-state index is -3.02. The number of hydrogen-bond donors (Lipinski definition) is 0. The van der Waals surface area contributed by atoms with Gasteiger partial charge in [0.25, 0.3) is 0 Å². The average molecular weight is 356 g/mol. The van der Waals surface area contributed by atoms with Crippen LogP contribution in [0.15, 0.2) is 28.6 Å². The summed E-state index contributed by atoms with van der Waals surface area (Å²) in [6.07, 6.45) is 0. The maximum Gasteiger partial charge on any atom is 0.233 e. The molecule has 0 aliphatic carbocycles. The van der Waals surface area contributed by atoms with Crippen LogP contribution in [-0.4, -0.2) is 54.1 Å². The lowest BCUT2D eigenvalue weighted by Gasteiger charge is -2.38. The van der Waals surface area contributed by atoms with Crippen LogP contribution in [0.2, 0.25) is 0 Å². The van der Waals surface area contributed by atoms with Crippen molar-refractivity contribution in [3.63, 3.8) is 0 Å². The molecule has 2 aromatic rings. The zero-order chi connectivity index (χ0) is 15.7. The van der Waals surface area contributed by atoms with E-state index >= 15 is 0 Å². The molecule has 1 amide bonds. The molecule has 1 aromatic carbocycles. The Kier molecular flexibility index (Phi) is 4.42. The maximum absolute atomic E-state index is 12.1. The molecule has 0 N–H and O–H groups in total. The van der Waals surface area contributed by atoms with Gasteiger partial charge in [0.1, 0.15) is 0 Å². The molecule has 22 heavy (non-hydrogen) atoms. The van der Waals surface area contributed by atoms with Crippen LogP contribution in [0, 0.1) is 0 Å². The van der Waals surface area contributed by atoms with Crippen molar-refractivity contribution >= 4 is 49.1 Å². The number of nitrogens with zero attached hydrogens (tertiary/aromatic N) is 2. The number of para-hydroxylation sites is 1. The summed E-state index contributed by atoms with van der Waals surface area (Å²) in [7, 11) is -3.02. The first-order chi connectivity index (χ1) is 10.5. The van der Waals surface area contributed by atoms with Crippen molar-refractivity contribution in [1.29, 1.82) is 0 Å². The summed E-state index contributed by atoms with van der Waals surface area (Å²) in [5.74, 6) is 0.422. The normalized spacial score (nSPS) is 16.0. The van der Waals surface area contributed by atoms with E-state index in [0.717, 1.165) is 14.6 Å². The Morgan fingerprint density at radius 2 is 2.14 bits per heavy atom. The second-order valence-electron chi connectivity index (χ2n) is 5.11. The van der Waals surface area contributed by atoms with Crippen molar-refractivity contribution in [2.45, 2.75) is 16.5 Å². The summed E-state index contributed by atoms with van der Waals surface area (Å²) in [5, 5.41) is -0.381. The largest absolute Gasteiger partial charge is 0.339 e. The molecule has 0 bridgehead atoms. The summed E-state index contributed by atoms with van der Waals surface area (Å²) in [5.41, 5.74) is 0.945. The molecular formula is C14H16N2O3S3. The first kappa shape index (κ1) is 15.8. The van der Waals surface area contributed by atoms with E-state index in [0.29, 0.717) is 18.8 Å². The van der Waals surface area contributed by atoms with Crippen molar-refractivity contribution in [2.75, 3.05) is 24.6 Å². The van der Waals surface area contributed by atoms with Gasteiger partial charge < -0.3 is 4.90 Å². The number of thioether (sulfide) groups is 1. The highest BCUT2D eigenvalue weighted by Crippen LogP contribution is 2.30. The first-order valence-corrected chi connectivity index (χ1v) is 10.5. The van der Waals surface area contributed by atoms with Crippen LogP contribution >= 0.6 is 23.1 Å². The van der Waals surface area contributed by atoms with Gasteiger partial charge in [-0.3, -0.25) is 4.79 Å². The summed E-state index contributed by atoms with van der Waals surface area (Å²) in [6.45, 7) is 2.30. The first-order valence-electron chi connectivity index (χ1n) is 6.97. The van der Waals surface area contributed by atoms with Gasteiger partial charge in [-0.25, -0.2) is 13.4 Å². The second kappa shape index (κ2) is 6.17. The predicted molar refractivity (Wildman–Crippen MR) is 90.2 cm³/mol. The second-order valence-corrected chi connectivity index (χ2v) is 9.93.